The molecule has 3 rings (SSSR count). The highest BCUT2D eigenvalue weighted by Crippen LogP contribution is 2.30. The van der Waals surface area contributed by atoms with Gasteiger partial charge in [0.25, 0.3) is 0 Å². The van der Waals surface area contributed by atoms with Crippen LogP contribution < -0.4 is 9.64 Å². The van der Waals surface area contributed by atoms with Crippen molar-refractivity contribution in [1.82, 2.24) is 15.0 Å². The molecule has 146 valence electrons. The Bertz CT molecular complexity index is 784. The minimum Gasteiger partial charge on any atom is -0.493 e. The van der Waals surface area contributed by atoms with E-state index in [0.29, 0.717) is 25.2 Å². The van der Waals surface area contributed by atoms with Crippen LogP contribution in [0.25, 0.3) is 0 Å². The summed E-state index contributed by atoms with van der Waals surface area (Å²) in [6, 6.07) is 2.28. The van der Waals surface area contributed by atoms with Crippen molar-refractivity contribution in [3.63, 3.8) is 0 Å². The number of alkyl halides is 3. The zero-order valence-corrected chi connectivity index (χ0v) is 14.8. The third-order valence-electron chi connectivity index (χ3n) is 4.50. The van der Waals surface area contributed by atoms with E-state index in [1.165, 1.54) is 12.4 Å². The average Bonchev–Trinajstić information content (AvgIpc) is 2.66. The van der Waals surface area contributed by atoms with Crippen molar-refractivity contribution >= 4 is 5.82 Å². The van der Waals surface area contributed by atoms with Crippen LogP contribution in [0.3, 0.4) is 0 Å². The first kappa shape index (κ1) is 19.3. The van der Waals surface area contributed by atoms with E-state index in [-0.39, 0.29) is 24.1 Å². The van der Waals surface area contributed by atoms with Gasteiger partial charge in [0.15, 0.2) is 11.6 Å². The Morgan fingerprint density at radius 1 is 1.26 bits per heavy atom. The summed E-state index contributed by atoms with van der Waals surface area (Å²) in [4.78, 5) is 13.2. The van der Waals surface area contributed by atoms with Crippen molar-refractivity contribution in [2.24, 2.45) is 5.92 Å². The number of halogens is 4. The maximum absolute atomic E-state index is 14.5. The summed E-state index contributed by atoms with van der Waals surface area (Å²) in [5, 5.41) is 0. The van der Waals surface area contributed by atoms with Crippen LogP contribution in [-0.2, 0) is 12.6 Å². The fourth-order valence-corrected chi connectivity index (χ4v) is 3.13. The van der Waals surface area contributed by atoms with E-state index in [2.05, 4.69) is 15.0 Å². The fourth-order valence-electron chi connectivity index (χ4n) is 3.13. The smallest absolute Gasteiger partial charge is 0.433 e. The van der Waals surface area contributed by atoms with E-state index < -0.39 is 17.7 Å². The van der Waals surface area contributed by atoms with E-state index in [1.807, 2.05) is 11.8 Å². The Balaban J connectivity index is 1.64. The molecule has 1 aliphatic heterocycles. The van der Waals surface area contributed by atoms with Crippen LogP contribution >= 0.6 is 0 Å². The van der Waals surface area contributed by atoms with Gasteiger partial charge >= 0.3 is 6.18 Å². The van der Waals surface area contributed by atoms with Crippen molar-refractivity contribution in [2.75, 3.05) is 24.6 Å². The SMILES string of the molecule is CCc1ncnc(N2CCCC(COc3ccnc(C(F)(F)F)c3)C2)c1F. The lowest BCUT2D eigenvalue weighted by Crippen LogP contribution is -2.39. The third kappa shape index (κ3) is 4.64. The molecule has 1 fully saturated rings. The van der Waals surface area contributed by atoms with E-state index >= 15 is 0 Å². The van der Waals surface area contributed by atoms with Gasteiger partial charge in [-0.2, -0.15) is 13.2 Å². The predicted molar refractivity (Wildman–Crippen MR) is 91.0 cm³/mol. The Morgan fingerprint density at radius 3 is 2.81 bits per heavy atom. The van der Waals surface area contributed by atoms with E-state index in [4.69, 9.17) is 4.74 Å². The Labute approximate surface area is 154 Å². The summed E-state index contributed by atoms with van der Waals surface area (Å²) >= 11 is 0. The predicted octanol–water partition coefficient (Wildman–Crippen LogP) is 3.89. The first-order chi connectivity index (χ1) is 12.9. The number of anilines is 1. The normalized spacial score (nSPS) is 17.8. The number of hydrogen-bond acceptors (Lipinski definition) is 5. The molecule has 27 heavy (non-hydrogen) atoms. The van der Waals surface area contributed by atoms with Crippen LogP contribution in [-0.4, -0.2) is 34.6 Å². The Morgan fingerprint density at radius 2 is 2.07 bits per heavy atom. The minimum absolute atomic E-state index is 0.0562. The van der Waals surface area contributed by atoms with Gasteiger partial charge in [-0.25, -0.2) is 14.4 Å². The van der Waals surface area contributed by atoms with E-state index in [9.17, 15) is 17.6 Å². The number of aromatic nitrogens is 3. The molecule has 2 aromatic rings. The van der Waals surface area contributed by atoms with Gasteiger partial charge in [0, 0.05) is 31.3 Å². The largest absolute Gasteiger partial charge is 0.493 e. The van der Waals surface area contributed by atoms with Crippen molar-refractivity contribution in [3.8, 4) is 5.75 Å². The summed E-state index contributed by atoms with van der Waals surface area (Å²) in [6.07, 6.45) is 0.0683. The maximum atomic E-state index is 14.5. The Kier molecular flexibility index (Phi) is 5.76. The van der Waals surface area contributed by atoms with Crippen molar-refractivity contribution < 1.29 is 22.3 Å². The van der Waals surface area contributed by atoms with E-state index in [0.717, 1.165) is 25.1 Å². The molecule has 0 radical (unpaired) electrons. The maximum Gasteiger partial charge on any atom is 0.433 e. The molecule has 0 bridgehead atoms. The molecule has 9 heteroatoms. The summed E-state index contributed by atoms with van der Waals surface area (Å²) in [6.45, 7) is 3.26. The molecule has 0 amide bonds. The molecular weight excluding hydrogens is 364 g/mol. The number of pyridine rings is 1. The molecule has 0 spiro atoms. The number of rotatable bonds is 5. The standard InChI is InChI=1S/C18H20F4N4O/c1-2-14-16(19)17(25-11-24-14)26-7-3-4-12(9-26)10-27-13-5-6-23-15(8-13)18(20,21)22/h5-6,8,11-12H,2-4,7,9-10H2,1H3. The second-order valence-electron chi connectivity index (χ2n) is 6.45. The molecular formula is C18H20F4N4O. The fraction of sp³-hybridized carbons (Fsp3) is 0.500. The number of aryl methyl sites for hydroxylation is 1. The van der Waals surface area contributed by atoms with Crippen LogP contribution in [0.4, 0.5) is 23.4 Å². The molecule has 1 aliphatic rings. The lowest BCUT2D eigenvalue weighted by Gasteiger charge is -2.33. The van der Waals surface area contributed by atoms with Crippen LogP contribution in [0.2, 0.25) is 0 Å². The zero-order chi connectivity index (χ0) is 19.4. The van der Waals surface area contributed by atoms with Gasteiger partial charge in [0.05, 0.1) is 12.3 Å². The molecule has 0 aliphatic carbocycles. The van der Waals surface area contributed by atoms with Crippen molar-refractivity contribution in [3.05, 3.63) is 41.9 Å². The second-order valence-corrected chi connectivity index (χ2v) is 6.45. The van der Waals surface area contributed by atoms with Gasteiger partial charge in [-0.05, 0) is 25.3 Å². The van der Waals surface area contributed by atoms with Crippen LogP contribution in [0.1, 0.15) is 31.2 Å². The van der Waals surface area contributed by atoms with Crippen LogP contribution in [0.5, 0.6) is 5.75 Å². The first-order valence-electron chi connectivity index (χ1n) is 8.78. The number of nitrogens with zero attached hydrogens (tertiary/aromatic N) is 4. The first-order valence-corrected chi connectivity index (χ1v) is 8.78. The minimum atomic E-state index is -4.51. The van der Waals surface area contributed by atoms with Crippen LogP contribution in [0.15, 0.2) is 24.7 Å². The van der Waals surface area contributed by atoms with Gasteiger partial charge in [-0.1, -0.05) is 6.92 Å². The third-order valence-corrected chi connectivity index (χ3v) is 4.50. The average molecular weight is 384 g/mol. The summed E-state index contributed by atoms with van der Waals surface area (Å²) in [5.74, 6) is 0.0389. The summed E-state index contributed by atoms with van der Waals surface area (Å²) in [5.41, 5.74) is -0.615. The number of ether oxygens (including phenoxy) is 1. The molecule has 0 saturated carbocycles. The van der Waals surface area contributed by atoms with Crippen LogP contribution in [0, 0.1) is 11.7 Å². The number of piperidine rings is 1. The summed E-state index contributed by atoms with van der Waals surface area (Å²) < 4.78 is 58.2. The molecule has 1 saturated heterocycles. The number of hydrogen-bond donors (Lipinski definition) is 0. The molecule has 3 heterocycles. The van der Waals surface area contributed by atoms with Crippen molar-refractivity contribution in [2.45, 2.75) is 32.4 Å². The molecule has 5 nitrogen and oxygen atoms in total. The summed E-state index contributed by atoms with van der Waals surface area (Å²) in [7, 11) is 0. The van der Waals surface area contributed by atoms with Gasteiger partial charge in [0.2, 0.25) is 0 Å². The van der Waals surface area contributed by atoms with Gasteiger partial charge in [0.1, 0.15) is 17.8 Å². The molecule has 0 N–H and O–H groups in total. The van der Waals surface area contributed by atoms with Gasteiger partial charge in [-0.15, -0.1) is 0 Å². The molecule has 2 aromatic heterocycles. The highest BCUT2D eigenvalue weighted by atomic mass is 19.4. The Hall–Kier alpha value is -2.45. The molecule has 1 atom stereocenters. The monoisotopic (exact) mass is 384 g/mol. The topological polar surface area (TPSA) is 51.1 Å². The van der Waals surface area contributed by atoms with E-state index in [1.54, 1.807) is 0 Å². The van der Waals surface area contributed by atoms with Gasteiger partial charge in [-0.3, -0.25) is 4.98 Å². The lowest BCUT2D eigenvalue weighted by atomic mass is 9.99. The second kappa shape index (κ2) is 8.06. The highest BCUT2D eigenvalue weighted by Gasteiger charge is 2.33. The lowest BCUT2D eigenvalue weighted by molar-refractivity contribution is -0.141. The molecule has 1 unspecified atom stereocenters. The quantitative estimate of drug-likeness (QED) is 0.732. The highest BCUT2D eigenvalue weighted by molar-refractivity contribution is 5.41. The zero-order valence-electron chi connectivity index (χ0n) is 14.8. The van der Waals surface area contributed by atoms with Crippen molar-refractivity contribution in [1.29, 1.82) is 0 Å². The molecule has 0 aromatic carbocycles. The van der Waals surface area contributed by atoms with Gasteiger partial charge < -0.3 is 9.64 Å².